The van der Waals surface area contributed by atoms with Crippen molar-refractivity contribution in [2.24, 2.45) is 5.92 Å². The van der Waals surface area contributed by atoms with Crippen LogP contribution in [0.4, 0.5) is 0 Å². The van der Waals surface area contributed by atoms with Gasteiger partial charge in [0.2, 0.25) is 5.91 Å². The molecule has 5 heteroatoms. The van der Waals surface area contributed by atoms with Gasteiger partial charge in [-0.15, -0.1) is 0 Å². The summed E-state index contributed by atoms with van der Waals surface area (Å²) in [5.74, 6) is 0.214. The van der Waals surface area contributed by atoms with Crippen LogP contribution in [0.5, 0.6) is 0 Å². The first-order valence-corrected chi connectivity index (χ1v) is 7.81. The minimum absolute atomic E-state index is 0.387. The predicted octanol–water partition coefficient (Wildman–Crippen LogP) is 1.75. The molecule has 0 unspecified atom stereocenters. The highest BCUT2D eigenvalue weighted by Crippen LogP contribution is 2.09. The molecule has 0 fully saturated rings. The SMILES string of the molecule is CC(C)CCCNC(=O)[C@H](C)S(=O)(=O)C(C)C. The van der Waals surface area contributed by atoms with E-state index in [1.807, 2.05) is 0 Å². The molecule has 102 valence electrons. The molecule has 0 aromatic heterocycles. The Morgan fingerprint density at radius 1 is 1.12 bits per heavy atom. The Balaban J connectivity index is 4.16. The average molecular weight is 263 g/mol. The number of carbonyl (C=O) groups is 1. The molecule has 0 aliphatic heterocycles. The Hall–Kier alpha value is -0.580. The molecule has 0 heterocycles. The Kier molecular flexibility index (Phi) is 6.75. The summed E-state index contributed by atoms with van der Waals surface area (Å²) < 4.78 is 23.5. The van der Waals surface area contributed by atoms with Crippen LogP contribution in [0.25, 0.3) is 0 Å². The van der Waals surface area contributed by atoms with Gasteiger partial charge >= 0.3 is 0 Å². The number of rotatable bonds is 7. The first-order valence-electron chi connectivity index (χ1n) is 6.20. The molecule has 0 spiro atoms. The van der Waals surface area contributed by atoms with Crippen molar-refractivity contribution in [2.75, 3.05) is 6.54 Å². The van der Waals surface area contributed by atoms with Crippen LogP contribution >= 0.6 is 0 Å². The first-order chi connectivity index (χ1) is 7.69. The van der Waals surface area contributed by atoms with Gasteiger partial charge < -0.3 is 5.32 Å². The molecule has 0 saturated carbocycles. The molecule has 0 rings (SSSR count). The lowest BCUT2D eigenvalue weighted by Crippen LogP contribution is -2.41. The predicted molar refractivity (Wildman–Crippen MR) is 70.6 cm³/mol. The summed E-state index contributed by atoms with van der Waals surface area (Å²) in [4.78, 5) is 11.6. The molecular weight excluding hydrogens is 238 g/mol. The fourth-order valence-corrected chi connectivity index (χ4v) is 2.62. The largest absolute Gasteiger partial charge is 0.355 e. The zero-order chi connectivity index (χ0) is 13.6. The van der Waals surface area contributed by atoms with Crippen LogP contribution in [0.15, 0.2) is 0 Å². The van der Waals surface area contributed by atoms with Gasteiger partial charge in [-0.1, -0.05) is 13.8 Å². The van der Waals surface area contributed by atoms with Crippen LogP contribution < -0.4 is 5.32 Å². The highest BCUT2D eigenvalue weighted by Gasteiger charge is 2.30. The highest BCUT2D eigenvalue weighted by molar-refractivity contribution is 7.93. The summed E-state index contributed by atoms with van der Waals surface area (Å²) in [6.45, 7) is 9.43. The van der Waals surface area contributed by atoms with E-state index >= 15 is 0 Å². The molecule has 0 bridgehead atoms. The molecule has 1 amide bonds. The van der Waals surface area contributed by atoms with Crippen LogP contribution in [0.1, 0.15) is 47.5 Å². The molecular formula is C12H25NO3S. The smallest absolute Gasteiger partial charge is 0.238 e. The number of hydrogen-bond acceptors (Lipinski definition) is 3. The maximum Gasteiger partial charge on any atom is 0.238 e. The molecule has 0 aliphatic carbocycles. The number of amides is 1. The van der Waals surface area contributed by atoms with E-state index in [0.717, 1.165) is 12.8 Å². The Morgan fingerprint density at radius 3 is 2.06 bits per heavy atom. The second kappa shape index (κ2) is 6.99. The zero-order valence-electron chi connectivity index (χ0n) is 11.5. The lowest BCUT2D eigenvalue weighted by molar-refractivity contribution is -0.120. The molecule has 0 aromatic rings. The van der Waals surface area contributed by atoms with Crippen molar-refractivity contribution in [3.05, 3.63) is 0 Å². The summed E-state index contributed by atoms with van der Waals surface area (Å²) in [6.07, 6.45) is 1.92. The van der Waals surface area contributed by atoms with E-state index in [-0.39, 0.29) is 5.91 Å². The van der Waals surface area contributed by atoms with E-state index in [1.165, 1.54) is 6.92 Å². The lowest BCUT2D eigenvalue weighted by Gasteiger charge is -2.15. The maximum atomic E-state index is 11.8. The fraction of sp³-hybridized carbons (Fsp3) is 0.917. The van der Waals surface area contributed by atoms with Crippen molar-refractivity contribution in [3.63, 3.8) is 0 Å². The number of hydrogen-bond donors (Lipinski definition) is 1. The molecule has 17 heavy (non-hydrogen) atoms. The van der Waals surface area contributed by atoms with Gasteiger partial charge in [-0.25, -0.2) is 8.42 Å². The quantitative estimate of drug-likeness (QED) is 0.712. The van der Waals surface area contributed by atoms with Crippen LogP contribution in [0.2, 0.25) is 0 Å². The van der Waals surface area contributed by atoms with Crippen LogP contribution in [-0.2, 0) is 14.6 Å². The highest BCUT2D eigenvalue weighted by atomic mass is 32.2. The Labute approximate surface area is 105 Å². The minimum atomic E-state index is -3.34. The van der Waals surface area contributed by atoms with Crippen molar-refractivity contribution < 1.29 is 13.2 Å². The summed E-state index contributed by atoms with van der Waals surface area (Å²) in [5.41, 5.74) is 0. The summed E-state index contributed by atoms with van der Waals surface area (Å²) >= 11 is 0. The maximum absolute atomic E-state index is 11.8. The van der Waals surface area contributed by atoms with Crippen LogP contribution in [-0.4, -0.2) is 31.4 Å². The molecule has 1 atom stereocenters. The summed E-state index contributed by atoms with van der Waals surface area (Å²) in [7, 11) is -3.34. The van der Waals surface area contributed by atoms with Gasteiger partial charge in [0.25, 0.3) is 0 Å². The van der Waals surface area contributed by atoms with Gasteiger partial charge in [-0.3, -0.25) is 4.79 Å². The van der Waals surface area contributed by atoms with Crippen molar-refractivity contribution >= 4 is 15.7 Å². The third kappa shape index (κ3) is 5.52. The topological polar surface area (TPSA) is 63.2 Å². The first kappa shape index (κ1) is 16.4. The molecule has 0 aliphatic rings. The molecule has 4 nitrogen and oxygen atoms in total. The Morgan fingerprint density at radius 2 is 1.65 bits per heavy atom. The number of nitrogens with one attached hydrogen (secondary N) is 1. The Bertz CT molecular complexity index is 334. The fourth-order valence-electron chi connectivity index (χ4n) is 1.42. The molecule has 0 radical (unpaired) electrons. The normalized spacial score (nSPS) is 14.1. The summed E-state index contributed by atoms with van der Waals surface area (Å²) in [5, 5.41) is 1.21. The van der Waals surface area contributed by atoms with E-state index in [0.29, 0.717) is 12.5 Å². The second-order valence-corrected chi connectivity index (χ2v) is 7.94. The number of sulfone groups is 1. The van der Waals surface area contributed by atoms with Crippen LogP contribution in [0.3, 0.4) is 0 Å². The molecule has 0 saturated heterocycles. The van der Waals surface area contributed by atoms with E-state index in [1.54, 1.807) is 13.8 Å². The van der Waals surface area contributed by atoms with E-state index < -0.39 is 20.3 Å². The monoisotopic (exact) mass is 263 g/mol. The van der Waals surface area contributed by atoms with Crippen molar-refractivity contribution in [2.45, 2.75) is 58.0 Å². The van der Waals surface area contributed by atoms with Crippen molar-refractivity contribution in [1.29, 1.82) is 0 Å². The third-order valence-electron chi connectivity index (χ3n) is 2.78. The number of carbonyl (C=O) groups excluding carboxylic acids is 1. The second-order valence-electron chi connectivity index (χ2n) is 5.11. The molecule has 0 aromatic carbocycles. The van der Waals surface area contributed by atoms with Gasteiger partial charge in [0, 0.05) is 6.54 Å². The van der Waals surface area contributed by atoms with Gasteiger partial charge in [0.1, 0.15) is 5.25 Å². The molecule has 1 N–H and O–H groups in total. The van der Waals surface area contributed by atoms with E-state index in [4.69, 9.17) is 0 Å². The van der Waals surface area contributed by atoms with Gasteiger partial charge in [0.05, 0.1) is 5.25 Å². The third-order valence-corrected chi connectivity index (χ3v) is 5.29. The lowest BCUT2D eigenvalue weighted by atomic mass is 10.1. The minimum Gasteiger partial charge on any atom is -0.355 e. The van der Waals surface area contributed by atoms with E-state index in [2.05, 4.69) is 19.2 Å². The van der Waals surface area contributed by atoms with Gasteiger partial charge in [0.15, 0.2) is 9.84 Å². The van der Waals surface area contributed by atoms with Gasteiger partial charge in [-0.2, -0.15) is 0 Å². The average Bonchev–Trinajstić information content (AvgIpc) is 2.22. The standard InChI is InChI=1S/C12H25NO3S/c1-9(2)7-6-8-13-12(14)11(5)17(15,16)10(3)4/h9-11H,6-8H2,1-5H3,(H,13,14)/t11-/m0/s1. The van der Waals surface area contributed by atoms with Gasteiger partial charge in [-0.05, 0) is 39.5 Å². The van der Waals surface area contributed by atoms with Crippen molar-refractivity contribution in [1.82, 2.24) is 5.32 Å². The van der Waals surface area contributed by atoms with Crippen LogP contribution in [0, 0.1) is 5.92 Å². The summed E-state index contributed by atoms with van der Waals surface area (Å²) in [6, 6.07) is 0. The van der Waals surface area contributed by atoms with Crippen molar-refractivity contribution in [3.8, 4) is 0 Å². The van der Waals surface area contributed by atoms with E-state index in [9.17, 15) is 13.2 Å². The zero-order valence-corrected chi connectivity index (χ0v) is 12.3.